The Labute approximate surface area is 203 Å². The lowest BCUT2D eigenvalue weighted by Gasteiger charge is -2.18. The standard InChI is InChI=1S/C25H26N4O5S/c1-29(18-9-7-16(8-10-18)15-26-35(3,32)33)25(31)21-13-20-22(27-28-23(20)14-24(21)30)12-17-5-4-6-19(11-17)34-2/h4-11,13-14,26,30H,12,15H2,1-3H3,(H,27,28). The molecule has 0 fully saturated rings. The molecule has 0 bridgehead atoms. The largest absolute Gasteiger partial charge is 0.507 e. The zero-order valence-corrected chi connectivity index (χ0v) is 20.4. The molecule has 1 heterocycles. The molecule has 35 heavy (non-hydrogen) atoms. The van der Waals surface area contributed by atoms with Crippen LogP contribution in [0, 0.1) is 0 Å². The minimum Gasteiger partial charge on any atom is -0.507 e. The van der Waals surface area contributed by atoms with Crippen molar-refractivity contribution in [2.75, 3.05) is 25.3 Å². The van der Waals surface area contributed by atoms with Crippen LogP contribution in [0.1, 0.15) is 27.2 Å². The van der Waals surface area contributed by atoms with Crippen LogP contribution < -0.4 is 14.4 Å². The van der Waals surface area contributed by atoms with E-state index in [1.54, 1.807) is 44.5 Å². The van der Waals surface area contributed by atoms with E-state index in [2.05, 4.69) is 14.9 Å². The highest BCUT2D eigenvalue weighted by molar-refractivity contribution is 7.88. The Morgan fingerprint density at radius 2 is 1.86 bits per heavy atom. The topological polar surface area (TPSA) is 125 Å². The lowest BCUT2D eigenvalue weighted by Crippen LogP contribution is -2.26. The molecule has 3 aromatic carbocycles. The number of rotatable bonds is 8. The van der Waals surface area contributed by atoms with Crippen LogP contribution in [0.25, 0.3) is 10.9 Å². The number of benzene rings is 3. The van der Waals surface area contributed by atoms with Gasteiger partial charge < -0.3 is 14.7 Å². The van der Waals surface area contributed by atoms with Gasteiger partial charge in [0.05, 0.1) is 30.1 Å². The molecule has 0 unspecified atom stereocenters. The quantitative estimate of drug-likeness (QED) is 0.346. The summed E-state index contributed by atoms with van der Waals surface area (Å²) in [4.78, 5) is 14.7. The maximum atomic E-state index is 13.3. The highest BCUT2D eigenvalue weighted by atomic mass is 32.2. The van der Waals surface area contributed by atoms with E-state index in [1.807, 2.05) is 24.3 Å². The molecule has 0 aliphatic rings. The van der Waals surface area contributed by atoms with Gasteiger partial charge in [0.1, 0.15) is 11.5 Å². The number of aromatic amines is 1. The molecule has 0 saturated carbocycles. The molecule has 0 radical (unpaired) electrons. The molecule has 3 N–H and O–H groups in total. The number of aromatic hydroxyl groups is 1. The summed E-state index contributed by atoms with van der Waals surface area (Å²) in [5.74, 6) is 0.204. The summed E-state index contributed by atoms with van der Waals surface area (Å²) in [6.45, 7) is 0.158. The van der Waals surface area contributed by atoms with E-state index in [4.69, 9.17) is 4.74 Å². The number of hydrogen-bond donors (Lipinski definition) is 3. The van der Waals surface area contributed by atoms with Crippen LogP contribution in [0.2, 0.25) is 0 Å². The van der Waals surface area contributed by atoms with Crippen LogP contribution in [-0.4, -0.2) is 50.0 Å². The van der Waals surface area contributed by atoms with Gasteiger partial charge in [0.25, 0.3) is 5.91 Å². The number of carbonyl (C=O) groups excluding carboxylic acids is 1. The van der Waals surface area contributed by atoms with E-state index < -0.39 is 10.0 Å². The van der Waals surface area contributed by atoms with E-state index in [0.29, 0.717) is 17.6 Å². The molecular weight excluding hydrogens is 468 g/mol. The van der Waals surface area contributed by atoms with Gasteiger partial charge in [-0.25, -0.2) is 13.1 Å². The summed E-state index contributed by atoms with van der Waals surface area (Å²) >= 11 is 0. The first kappa shape index (κ1) is 24.2. The second-order valence-electron chi connectivity index (χ2n) is 8.24. The van der Waals surface area contributed by atoms with Crippen molar-refractivity contribution in [2.24, 2.45) is 0 Å². The van der Waals surface area contributed by atoms with E-state index in [0.717, 1.165) is 34.2 Å². The van der Waals surface area contributed by atoms with Crippen molar-refractivity contribution in [3.8, 4) is 11.5 Å². The molecule has 10 heteroatoms. The van der Waals surface area contributed by atoms with Gasteiger partial charge in [-0.3, -0.25) is 9.89 Å². The van der Waals surface area contributed by atoms with Crippen LogP contribution in [0.3, 0.4) is 0 Å². The molecule has 4 rings (SSSR count). The van der Waals surface area contributed by atoms with Gasteiger partial charge in [-0.05, 0) is 41.5 Å². The molecule has 1 aromatic heterocycles. The van der Waals surface area contributed by atoms with Crippen molar-refractivity contribution in [1.82, 2.24) is 14.9 Å². The molecule has 0 aliphatic carbocycles. The van der Waals surface area contributed by atoms with Crippen LogP contribution in [-0.2, 0) is 23.0 Å². The molecule has 182 valence electrons. The summed E-state index contributed by atoms with van der Waals surface area (Å²) in [6.07, 6.45) is 1.62. The second-order valence-corrected chi connectivity index (χ2v) is 10.1. The number of carbonyl (C=O) groups is 1. The van der Waals surface area contributed by atoms with Crippen molar-refractivity contribution in [3.63, 3.8) is 0 Å². The number of nitrogens with one attached hydrogen (secondary N) is 2. The fraction of sp³-hybridized carbons (Fsp3) is 0.200. The number of fused-ring (bicyclic) bond motifs is 1. The van der Waals surface area contributed by atoms with Gasteiger partial charge in [-0.2, -0.15) is 5.10 Å². The van der Waals surface area contributed by atoms with Gasteiger partial charge in [-0.15, -0.1) is 0 Å². The number of sulfonamides is 1. The van der Waals surface area contributed by atoms with Crippen molar-refractivity contribution < 1.29 is 23.1 Å². The first-order chi connectivity index (χ1) is 16.6. The van der Waals surface area contributed by atoms with Crippen molar-refractivity contribution in [3.05, 3.63) is 83.0 Å². The predicted octanol–water partition coefficient (Wildman–Crippen LogP) is 3.19. The molecule has 0 spiro atoms. The fourth-order valence-corrected chi connectivity index (χ4v) is 4.17. The van der Waals surface area contributed by atoms with Crippen LogP contribution in [0.15, 0.2) is 60.7 Å². The van der Waals surface area contributed by atoms with Gasteiger partial charge >= 0.3 is 0 Å². The van der Waals surface area contributed by atoms with Crippen molar-refractivity contribution in [1.29, 1.82) is 0 Å². The third-order valence-corrected chi connectivity index (χ3v) is 6.33. The molecule has 0 aliphatic heterocycles. The monoisotopic (exact) mass is 494 g/mol. The summed E-state index contributed by atoms with van der Waals surface area (Å²) in [7, 11) is -0.0749. The van der Waals surface area contributed by atoms with E-state index >= 15 is 0 Å². The SMILES string of the molecule is COc1cccc(Cc2n[nH]c3cc(O)c(C(=O)N(C)c4ccc(CNS(C)(=O)=O)cc4)cc23)c1. The smallest absolute Gasteiger partial charge is 0.261 e. The number of H-pyrrole nitrogens is 1. The average molecular weight is 495 g/mol. The highest BCUT2D eigenvalue weighted by Gasteiger charge is 2.20. The van der Waals surface area contributed by atoms with Gasteiger partial charge in [0.2, 0.25) is 10.0 Å². The number of anilines is 1. The van der Waals surface area contributed by atoms with Crippen molar-refractivity contribution >= 4 is 32.5 Å². The normalized spacial score (nSPS) is 11.5. The number of hydrogen-bond acceptors (Lipinski definition) is 6. The number of nitrogens with zero attached hydrogens (tertiary/aromatic N) is 2. The number of phenolic OH excluding ortho intramolecular Hbond substituents is 1. The summed E-state index contributed by atoms with van der Waals surface area (Å²) in [6, 6.07) is 17.7. The van der Waals surface area contributed by atoms with Gasteiger partial charge in [0.15, 0.2) is 0 Å². The molecule has 1 amide bonds. The summed E-state index contributed by atoms with van der Waals surface area (Å²) < 4.78 is 30.3. The van der Waals surface area contributed by atoms with E-state index in [9.17, 15) is 18.3 Å². The third-order valence-electron chi connectivity index (χ3n) is 5.66. The first-order valence-corrected chi connectivity index (χ1v) is 12.7. The van der Waals surface area contributed by atoms with E-state index in [-0.39, 0.29) is 23.8 Å². The van der Waals surface area contributed by atoms with Crippen LogP contribution >= 0.6 is 0 Å². The van der Waals surface area contributed by atoms with Crippen LogP contribution in [0.4, 0.5) is 5.69 Å². The Kier molecular flexibility index (Phi) is 6.77. The number of amides is 1. The van der Waals surface area contributed by atoms with Gasteiger partial charge in [-0.1, -0.05) is 24.3 Å². The minimum absolute atomic E-state index is 0.149. The second kappa shape index (κ2) is 9.77. The minimum atomic E-state index is -3.30. The number of ether oxygens (including phenoxy) is 1. The zero-order valence-electron chi connectivity index (χ0n) is 19.6. The first-order valence-electron chi connectivity index (χ1n) is 10.8. The van der Waals surface area contributed by atoms with Crippen molar-refractivity contribution in [2.45, 2.75) is 13.0 Å². The Morgan fingerprint density at radius 3 is 2.54 bits per heavy atom. The average Bonchev–Trinajstić information content (AvgIpc) is 3.22. The molecule has 4 aromatic rings. The summed E-state index contributed by atoms with van der Waals surface area (Å²) in [5.41, 5.74) is 3.87. The zero-order chi connectivity index (χ0) is 25.2. The Balaban J connectivity index is 1.58. The fourth-order valence-electron chi connectivity index (χ4n) is 3.74. The lowest BCUT2D eigenvalue weighted by atomic mass is 10.0. The van der Waals surface area contributed by atoms with Gasteiger partial charge in [0, 0.05) is 37.2 Å². The molecular formula is C25H26N4O5S. The number of methoxy groups -OCH3 is 1. The maximum absolute atomic E-state index is 13.3. The maximum Gasteiger partial charge on any atom is 0.261 e. The molecule has 9 nitrogen and oxygen atoms in total. The van der Waals surface area contributed by atoms with Crippen LogP contribution in [0.5, 0.6) is 11.5 Å². The lowest BCUT2D eigenvalue weighted by molar-refractivity contribution is 0.0990. The highest BCUT2D eigenvalue weighted by Crippen LogP contribution is 2.29. The predicted molar refractivity (Wildman–Crippen MR) is 134 cm³/mol. The summed E-state index contributed by atoms with van der Waals surface area (Å²) in [5, 5.41) is 18.6. The number of phenols is 1. The molecule has 0 saturated heterocycles. The third kappa shape index (κ3) is 5.61. The van der Waals surface area contributed by atoms with E-state index in [1.165, 1.54) is 11.0 Å². The molecule has 0 atom stereocenters. The number of aromatic nitrogens is 2. The Bertz CT molecular complexity index is 1480. The Hall–Kier alpha value is -3.89. The Morgan fingerprint density at radius 1 is 1.11 bits per heavy atom.